The number of morpholine rings is 1. The van der Waals surface area contributed by atoms with Crippen LogP contribution in [0.3, 0.4) is 0 Å². The first kappa shape index (κ1) is 23.8. The summed E-state index contributed by atoms with van der Waals surface area (Å²) in [7, 11) is 0. The first-order valence-corrected chi connectivity index (χ1v) is 11.1. The Balaban J connectivity index is 1.53. The summed E-state index contributed by atoms with van der Waals surface area (Å²) >= 11 is 0. The summed E-state index contributed by atoms with van der Waals surface area (Å²) in [6.07, 6.45) is -3.36. The van der Waals surface area contributed by atoms with E-state index in [-0.39, 0.29) is 5.92 Å². The normalized spacial score (nSPS) is 21.4. The van der Waals surface area contributed by atoms with Gasteiger partial charge in [0, 0.05) is 39.3 Å². The van der Waals surface area contributed by atoms with Gasteiger partial charge in [-0.15, -0.1) is 0 Å². The fraction of sp³-hybridized carbons (Fsp3) is 0.682. The third-order valence-corrected chi connectivity index (χ3v) is 5.70. The average molecular weight is 442 g/mol. The molecule has 1 atom stereocenters. The molecule has 2 N–H and O–H groups in total. The second kappa shape index (κ2) is 11.7. The lowest BCUT2D eigenvalue weighted by Gasteiger charge is -2.27. The molecule has 0 aromatic heterocycles. The molecule has 2 heterocycles. The van der Waals surface area contributed by atoms with Crippen molar-refractivity contribution in [1.29, 1.82) is 0 Å². The van der Waals surface area contributed by atoms with Crippen LogP contribution < -0.4 is 10.6 Å². The van der Waals surface area contributed by atoms with E-state index in [1.807, 2.05) is 13.0 Å². The van der Waals surface area contributed by atoms with E-state index in [4.69, 9.17) is 9.73 Å². The van der Waals surface area contributed by atoms with Crippen LogP contribution in [0, 0.1) is 5.92 Å². The number of guanidine groups is 1. The standard InChI is InChI=1S/C22H34F3N5O/c1-2-26-21(27-13-18-7-8-30(15-18)17-22(23,24)25)28-14-19-5-3-4-6-20(19)16-29-9-11-31-12-10-29/h3-6,18H,2,7-17H2,1H3,(H2,26,27,28). The minimum absolute atomic E-state index is 0.194. The highest BCUT2D eigenvalue weighted by molar-refractivity contribution is 5.79. The summed E-state index contributed by atoms with van der Waals surface area (Å²) in [5.74, 6) is 0.901. The van der Waals surface area contributed by atoms with Gasteiger partial charge in [0.1, 0.15) is 0 Å². The molecule has 31 heavy (non-hydrogen) atoms. The molecule has 174 valence electrons. The van der Waals surface area contributed by atoms with Crippen LogP contribution in [0.5, 0.6) is 0 Å². The van der Waals surface area contributed by atoms with Crippen molar-refractivity contribution in [3.05, 3.63) is 35.4 Å². The maximum atomic E-state index is 12.6. The van der Waals surface area contributed by atoms with Crippen molar-refractivity contribution in [1.82, 2.24) is 20.4 Å². The lowest BCUT2D eigenvalue weighted by molar-refractivity contribution is -0.143. The number of likely N-dealkylation sites (tertiary alicyclic amines) is 1. The molecule has 6 nitrogen and oxygen atoms in total. The summed E-state index contributed by atoms with van der Waals surface area (Å²) in [6, 6.07) is 8.34. The van der Waals surface area contributed by atoms with Gasteiger partial charge in [-0.3, -0.25) is 9.80 Å². The molecular weight excluding hydrogens is 407 g/mol. The molecule has 2 saturated heterocycles. The summed E-state index contributed by atoms with van der Waals surface area (Å²) in [6.45, 7) is 8.36. The quantitative estimate of drug-likeness (QED) is 0.480. The van der Waals surface area contributed by atoms with Crippen LogP contribution in [0.25, 0.3) is 0 Å². The van der Waals surface area contributed by atoms with Crippen LogP contribution in [-0.4, -0.2) is 81.0 Å². The van der Waals surface area contributed by atoms with Crippen LogP contribution in [-0.2, 0) is 17.8 Å². The van der Waals surface area contributed by atoms with E-state index in [0.29, 0.717) is 32.1 Å². The number of ether oxygens (including phenoxy) is 1. The minimum atomic E-state index is -4.13. The van der Waals surface area contributed by atoms with Crippen LogP contribution in [0.15, 0.2) is 29.3 Å². The maximum absolute atomic E-state index is 12.6. The first-order valence-electron chi connectivity index (χ1n) is 11.1. The summed E-state index contributed by atoms with van der Waals surface area (Å²) in [5.41, 5.74) is 2.45. The number of rotatable bonds is 8. The molecule has 0 spiro atoms. The number of nitrogens with zero attached hydrogens (tertiary/aromatic N) is 3. The Bertz CT molecular complexity index is 707. The van der Waals surface area contributed by atoms with Crippen molar-refractivity contribution in [2.45, 2.75) is 32.6 Å². The Morgan fingerprint density at radius 1 is 1.10 bits per heavy atom. The zero-order chi connectivity index (χ0) is 22.1. The third-order valence-electron chi connectivity index (χ3n) is 5.70. The smallest absolute Gasteiger partial charge is 0.379 e. The van der Waals surface area contributed by atoms with E-state index in [9.17, 15) is 13.2 Å². The molecule has 0 bridgehead atoms. The van der Waals surface area contributed by atoms with Gasteiger partial charge in [-0.1, -0.05) is 24.3 Å². The lowest BCUT2D eigenvalue weighted by atomic mass is 10.1. The van der Waals surface area contributed by atoms with Gasteiger partial charge in [-0.25, -0.2) is 4.99 Å². The molecule has 0 saturated carbocycles. The van der Waals surface area contributed by atoms with Gasteiger partial charge in [-0.2, -0.15) is 13.2 Å². The van der Waals surface area contributed by atoms with Gasteiger partial charge in [0.2, 0.25) is 0 Å². The second-order valence-electron chi connectivity index (χ2n) is 8.24. The lowest BCUT2D eigenvalue weighted by Crippen LogP contribution is -2.40. The molecule has 1 unspecified atom stereocenters. The molecule has 0 amide bonds. The maximum Gasteiger partial charge on any atom is 0.401 e. The Kier molecular flexibility index (Phi) is 8.98. The molecule has 2 fully saturated rings. The van der Waals surface area contributed by atoms with Crippen molar-refractivity contribution in [2.24, 2.45) is 10.9 Å². The van der Waals surface area contributed by atoms with E-state index >= 15 is 0 Å². The third kappa shape index (κ3) is 8.31. The molecular formula is C22H34F3N5O. The zero-order valence-electron chi connectivity index (χ0n) is 18.3. The average Bonchev–Trinajstić information content (AvgIpc) is 3.17. The Morgan fingerprint density at radius 2 is 1.84 bits per heavy atom. The summed E-state index contributed by atoms with van der Waals surface area (Å²) in [4.78, 5) is 8.61. The van der Waals surface area contributed by atoms with E-state index in [1.54, 1.807) is 0 Å². The van der Waals surface area contributed by atoms with Crippen LogP contribution in [0.4, 0.5) is 13.2 Å². The molecule has 9 heteroatoms. The molecule has 2 aliphatic heterocycles. The Morgan fingerprint density at radius 3 is 2.55 bits per heavy atom. The van der Waals surface area contributed by atoms with Gasteiger partial charge in [0.15, 0.2) is 5.96 Å². The number of hydrogen-bond donors (Lipinski definition) is 2. The highest BCUT2D eigenvalue weighted by atomic mass is 19.4. The van der Waals surface area contributed by atoms with Crippen molar-refractivity contribution >= 4 is 5.96 Å². The number of hydrogen-bond acceptors (Lipinski definition) is 4. The van der Waals surface area contributed by atoms with Gasteiger partial charge in [-0.05, 0) is 36.9 Å². The minimum Gasteiger partial charge on any atom is -0.379 e. The fourth-order valence-electron chi connectivity index (χ4n) is 4.09. The summed E-state index contributed by atoms with van der Waals surface area (Å²) in [5, 5.41) is 6.57. The Labute approximate surface area is 182 Å². The number of alkyl halides is 3. The molecule has 1 aromatic carbocycles. The zero-order valence-corrected chi connectivity index (χ0v) is 18.3. The highest BCUT2D eigenvalue weighted by Gasteiger charge is 2.34. The largest absolute Gasteiger partial charge is 0.401 e. The van der Waals surface area contributed by atoms with Gasteiger partial charge in [0.05, 0.1) is 26.3 Å². The van der Waals surface area contributed by atoms with Crippen molar-refractivity contribution in [3.63, 3.8) is 0 Å². The Hall–Kier alpha value is -1.84. The predicted octanol–water partition coefficient (Wildman–Crippen LogP) is 2.46. The van der Waals surface area contributed by atoms with E-state index in [1.165, 1.54) is 16.0 Å². The van der Waals surface area contributed by atoms with Crippen LogP contribution in [0.1, 0.15) is 24.5 Å². The van der Waals surface area contributed by atoms with E-state index in [0.717, 1.165) is 45.8 Å². The number of aliphatic imine (C=N–C) groups is 1. The summed E-state index contributed by atoms with van der Waals surface area (Å²) < 4.78 is 43.2. The van der Waals surface area contributed by atoms with Crippen molar-refractivity contribution in [3.8, 4) is 0 Å². The van der Waals surface area contributed by atoms with Crippen molar-refractivity contribution in [2.75, 3.05) is 59.0 Å². The number of halogens is 3. The van der Waals surface area contributed by atoms with E-state index in [2.05, 4.69) is 33.7 Å². The highest BCUT2D eigenvalue weighted by Crippen LogP contribution is 2.22. The molecule has 2 aliphatic rings. The number of benzene rings is 1. The first-order chi connectivity index (χ1) is 14.9. The van der Waals surface area contributed by atoms with Crippen molar-refractivity contribution < 1.29 is 17.9 Å². The topological polar surface area (TPSA) is 52.1 Å². The molecule has 0 aliphatic carbocycles. The fourth-order valence-corrected chi connectivity index (χ4v) is 4.09. The number of nitrogens with one attached hydrogen (secondary N) is 2. The molecule has 3 rings (SSSR count). The van der Waals surface area contributed by atoms with Gasteiger partial charge >= 0.3 is 6.18 Å². The van der Waals surface area contributed by atoms with Gasteiger partial charge in [0.25, 0.3) is 0 Å². The van der Waals surface area contributed by atoms with Crippen LogP contribution in [0.2, 0.25) is 0 Å². The molecule has 1 aromatic rings. The monoisotopic (exact) mass is 441 g/mol. The predicted molar refractivity (Wildman–Crippen MR) is 116 cm³/mol. The second-order valence-corrected chi connectivity index (χ2v) is 8.24. The SMILES string of the molecule is CCNC(=NCc1ccccc1CN1CCOCC1)NCC1CCN(CC(F)(F)F)C1. The van der Waals surface area contributed by atoms with Gasteiger partial charge < -0.3 is 15.4 Å². The van der Waals surface area contributed by atoms with Crippen LogP contribution >= 0.6 is 0 Å². The van der Waals surface area contributed by atoms with E-state index < -0.39 is 12.7 Å². The molecule has 0 radical (unpaired) electrons.